The van der Waals surface area contributed by atoms with E-state index < -0.39 is 0 Å². The molecule has 0 aliphatic carbocycles. The Hall–Kier alpha value is -1.98. The molecular weight excluding hydrogens is 344 g/mol. The van der Waals surface area contributed by atoms with Gasteiger partial charge < -0.3 is 10.6 Å². The Balaban J connectivity index is 2.05. The van der Waals surface area contributed by atoms with Crippen LogP contribution in [0.5, 0.6) is 0 Å². The minimum atomic E-state index is -0.239. The van der Waals surface area contributed by atoms with Crippen molar-refractivity contribution in [2.24, 2.45) is 0 Å². The number of carbonyl (C=O) groups is 2. The minimum Gasteiger partial charge on any atom is -0.326 e. The lowest BCUT2D eigenvalue weighted by Gasteiger charge is -2.15. The average Bonchev–Trinajstić information content (AvgIpc) is 2.52. The number of hydrogen-bond donors (Lipinski definition) is 2. The molecule has 6 heteroatoms. The molecule has 1 unspecified atom stereocenters. The highest BCUT2D eigenvalue weighted by molar-refractivity contribution is 8.00. The number of amides is 2. The van der Waals surface area contributed by atoms with Crippen LogP contribution >= 0.6 is 23.4 Å². The fourth-order valence-electron chi connectivity index (χ4n) is 2.13. The highest BCUT2D eigenvalue weighted by Crippen LogP contribution is 2.28. The van der Waals surface area contributed by atoms with Crippen LogP contribution in [0.2, 0.25) is 5.02 Å². The quantitative estimate of drug-likeness (QED) is 0.725. The molecule has 0 saturated carbocycles. The SMILES string of the molecule is CCC(Sc1cccc(NC(C)=O)c1)C(=O)Nc1cccc(Cl)c1. The summed E-state index contributed by atoms with van der Waals surface area (Å²) in [7, 11) is 0. The maximum absolute atomic E-state index is 12.5. The van der Waals surface area contributed by atoms with Crippen molar-refractivity contribution in [3.8, 4) is 0 Å². The van der Waals surface area contributed by atoms with E-state index in [1.165, 1.54) is 18.7 Å². The molecule has 2 N–H and O–H groups in total. The van der Waals surface area contributed by atoms with Crippen LogP contribution in [0, 0.1) is 0 Å². The van der Waals surface area contributed by atoms with Gasteiger partial charge in [-0.3, -0.25) is 9.59 Å². The maximum atomic E-state index is 12.5. The van der Waals surface area contributed by atoms with Gasteiger partial charge in [-0.25, -0.2) is 0 Å². The number of rotatable bonds is 6. The van der Waals surface area contributed by atoms with Gasteiger partial charge in [-0.1, -0.05) is 30.7 Å². The first kappa shape index (κ1) is 18.4. The van der Waals surface area contributed by atoms with E-state index in [0.29, 0.717) is 17.1 Å². The number of hydrogen-bond acceptors (Lipinski definition) is 3. The van der Waals surface area contributed by atoms with Crippen molar-refractivity contribution in [1.29, 1.82) is 0 Å². The monoisotopic (exact) mass is 362 g/mol. The van der Waals surface area contributed by atoms with Crippen LogP contribution in [0.25, 0.3) is 0 Å². The van der Waals surface area contributed by atoms with Crippen LogP contribution in [-0.2, 0) is 9.59 Å². The second-order valence-corrected chi connectivity index (χ2v) is 6.94. The van der Waals surface area contributed by atoms with Gasteiger partial charge in [-0.2, -0.15) is 0 Å². The third-order valence-electron chi connectivity index (χ3n) is 3.19. The summed E-state index contributed by atoms with van der Waals surface area (Å²) in [5, 5.41) is 5.97. The van der Waals surface area contributed by atoms with Gasteiger partial charge in [0.15, 0.2) is 0 Å². The molecule has 2 aromatic carbocycles. The van der Waals surface area contributed by atoms with Crippen LogP contribution in [0.15, 0.2) is 53.4 Å². The molecule has 126 valence electrons. The summed E-state index contributed by atoms with van der Waals surface area (Å²) < 4.78 is 0. The van der Waals surface area contributed by atoms with E-state index in [0.717, 1.165) is 10.6 Å². The molecule has 0 spiro atoms. The normalized spacial score (nSPS) is 11.6. The molecule has 0 aliphatic rings. The molecule has 2 rings (SSSR count). The standard InChI is InChI=1S/C18H19ClN2O2S/c1-3-17(18(23)21-14-7-4-6-13(19)10-14)24-16-9-5-8-15(11-16)20-12(2)22/h4-11,17H,3H2,1-2H3,(H,20,22)(H,21,23). The predicted molar refractivity (Wildman–Crippen MR) is 101 cm³/mol. The Morgan fingerprint density at radius 2 is 1.75 bits per heavy atom. The molecule has 0 radical (unpaired) electrons. The second kappa shape index (κ2) is 8.76. The van der Waals surface area contributed by atoms with Crippen molar-refractivity contribution in [2.45, 2.75) is 30.4 Å². The topological polar surface area (TPSA) is 58.2 Å². The van der Waals surface area contributed by atoms with Crippen molar-refractivity contribution in [1.82, 2.24) is 0 Å². The first-order valence-corrected chi connectivity index (χ1v) is 8.84. The zero-order valence-electron chi connectivity index (χ0n) is 13.5. The third kappa shape index (κ3) is 5.58. The van der Waals surface area contributed by atoms with Crippen LogP contribution in [0.1, 0.15) is 20.3 Å². The summed E-state index contributed by atoms with van der Waals surface area (Å²) in [6, 6.07) is 14.5. The van der Waals surface area contributed by atoms with E-state index in [4.69, 9.17) is 11.6 Å². The van der Waals surface area contributed by atoms with Crippen LogP contribution in [0.3, 0.4) is 0 Å². The molecule has 0 bridgehead atoms. The maximum Gasteiger partial charge on any atom is 0.237 e. The highest BCUT2D eigenvalue weighted by Gasteiger charge is 2.18. The lowest BCUT2D eigenvalue weighted by molar-refractivity contribution is -0.116. The summed E-state index contributed by atoms with van der Waals surface area (Å²) in [5.74, 6) is -0.197. The summed E-state index contributed by atoms with van der Waals surface area (Å²) in [6.07, 6.45) is 0.682. The van der Waals surface area contributed by atoms with Crippen molar-refractivity contribution in [2.75, 3.05) is 10.6 Å². The van der Waals surface area contributed by atoms with E-state index in [9.17, 15) is 9.59 Å². The van der Waals surface area contributed by atoms with Crippen LogP contribution in [0.4, 0.5) is 11.4 Å². The van der Waals surface area contributed by atoms with Crippen molar-refractivity contribution >= 4 is 46.6 Å². The van der Waals surface area contributed by atoms with Gasteiger partial charge in [-0.15, -0.1) is 11.8 Å². The lowest BCUT2D eigenvalue weighted by atomic mass is 10.2. The Bertz CT molecular complexity index is 736. The van der Waals surface area contributed by atoms with Gasteiger partial charge in [0.1, 0.15) is 0 Å². The van der Waals surface area contributed by atoms with Gasteiger partial charge in [-0.05, 0) is 42.8 Å². The first-order valence-electron chi connectivity index (χ1n) is 7.58. The highest BCUT2D eigenvalue weighted by atomic mass is 35.5. The molecule has 24 heavy (non-hydrogen) atoms. The van der Waals surface area contributed by atoms with Crippen molar-refractivity contribution in [3.05, 3.63) is 53.6 Å². The third-order valence-corrected chi connectivity index (χ3v) is 4.78. The van der Waals surface area contributed by atoms with Gasteiger partial charge in [0.25, 0.3) is 0 Å². The summed E-state index contributed by atoms with van der Waals surface area (Å²) in [6.45, 7) is 3.43. The van der Waals surface area contributed by atoms with Crippen molar-refractivity contribution in [3.63, 3.8) is 0 Å². The molecule has 2 aromatic rings. The number of nitrogens with one attached hydrogen (secondary N) is 2. The number of thioether (sulfide) groups is 1. The van der Waals surface area contributed by atoms with Crippen molar-refractivity contribution < 1.29 is 9.59 Å². The van der Waals surface area contributed by atoms with E-state index in [1.807, 2.05) is 31.2 Å². The summed E-state index contributed by atoms with van der Waals surface area (Å²) in [5.41, 5.74) is 1.40. The molecule has 0 fully saturated rings. The van der Waals surface area contributed by atoms with E-state index in [2.05, 4.69) is 10.6 Å². The molecular formula is C18H19ClN2O2S. The number of halogens is 1. The number of benzene rings is 2. The Kier molecular flexibility index (Phi) is 6.70. The lowest BCUT2D eigenvalue weighted by Crippen LogP contribution is -2.24. The largest absolute Gasteiger partial charge is 0.326 e. The Labute approximate surface area is 151 Å². The van der Waals surface area contributed by atoms with E-state index in [1.54, 1.807) is 24.3 Å². The van der Waals surface area contributed by atoms with Crippen LogP contribution in [-0.4, -0.2) is 17.1 Å². The Morgan fingerprint density at radius 1 is 1.08 bits per heavy atom. The van der Waals surface area contributed by atoms with Gasteiger partial charge in [0.2, 0.25) is 11.8 Å². The smallest absolute Gasteiger partial charge is 0.237 e. The molecule has 0 heterocycles. The fourth-order valence-corrected chi connectivity index (χ4v) is 3.33. The molecule has 2 amide bonds. The number of carbonyl (C=O) groups excluding carboxylic acids is 2. The first-order chi connectivity index (χ1) is 11.5. The predicted octanol–water partition coefficient (Wildman–Crippen LogP) is 4.81. The molecule has 0 aromatic heterocycles. The number of anilines is 2. The average molecular weight is 363 g/mol. The summed E-state index contributed by atoms with van der Waals surface area (Å²) in [4.78, 5) is 24.6. The van der Waals surface area contributed by atoms with Crippen LogP contribution < -0.4 is 10.6 Å². The zero-order valence-corrected chi connectivity index (χ0v) is 15.1. The van der Waals surface area contributed by atoms with Gasteiger partial charge in [0.05, 0.1) is 5.25 Å². The van der Waals surface area contributed by atoms with E-state index >= 15 is 0 Å². The molecule has 0 saturated heterocycles. The molecule has 4 nitrogen and oxygen atoms in total. The fraction of sp³-hybridized carbons (Fsp3) is 0.222. The van der Waals surface area contributed by atoms with Gasteiger partial charge >= 0.3 is 0 Å². The second-order valence-electron chi connectivity index (χ2n) is 5.22. The zero-order chi connectivity index (χ0) is 17.5. The molecule has 1 atom stereocenters. The van der Waals surface area contributed by atoms with E-state index in [-0.39, 0.29) is 17.1 Å². The Morgan fingerprint density at radius 3 is 2.38 bits per heavy atom. The molecule has 0 aliphatic heterocycles. The van der Waals surface area contributed by atoms with Gasteiger partial charge in [0, 0.05) is 28.2 Å². The summed E-state index contributed by atoms with van der Waals surface area (Å²) >= 11 is 7.40. The minimum absolute atomic E-state index is 0.0744.